The van der Waals surface area contributed by atoms with Crippen molar-refractivity contribution in [2.45, 2.75) is 6.42 Å². The Morgan fingerprint density at radius 2 is 2.31 bits per heavy atom. The largest absolute Gasteiger partial charge is 0.395 e. The molecule has 0 unspecified atom stereocenters. The predicted octanol–water partition coefficient (Wildman–Crippen LogP) is 2.06. The molecule has 13 heavy (non-hydrogen) atoms. The van der Waals surface area contributed by atoms with E-state index in [-0.39, 0.29) is 6.61 Å². The molecule has 66 valence electrons. The first-order chi connectivity index (χ1) is 6.36. The van der Waals surface area contributed by atoms with E-state index in [2.05, 4.69) is 18.4 Å². The van der Waals surface area contributed by atoms with E-state index >= 15 is 0 Å². The van der Waals surface area contributed by atoms with Gasteiger partial charge in [0.2, 0.25) is 0 Å². The Hall–Kier alpha value is -1.52. The summed E-state index contributed by atoms with van der Waals surface area (Å²) in [7, 11) is 0. The molecular formula is C12H12O. The Labute approximate surface area is 78.7 Å². The lowest BCUT2D eigenvalue weighted by Crippen LogP contribution is -1.78. The molecule has 1 aromatic rings. The lowest BCUT2D eigenvalue weighted by atomic mass is 10.1. The van der Waals surface area contributed by atoms with Gasteiger partial charge in [-0.1, -0.05) is 36.6 Å². The van der Waals surface area contributed by atoms with Gasteiger partial charge in [-0.2, -0.15) is 0 Å². The van der Waals surface area contributed by atoms with Crippen LogP contribution in [0.15, 0.2) is 30.8 Å². The minimum absolute atomic E-state index is 0.119. The number of aliphatic hydroxyl groups excluding tert-OH is 1. The molecule has 0 bridgehead atoms. The summed E-state index contributed by atoms with van der Waals surface area (Å²) >= 11 is 0. The molecule has 0 heterocycles. The van der Waals surface area contributed by atoms with Crippen LogP contribution in [0, 0.1) is 11.8 Å². The summed E-state index contributed by atoms with van der Waals surface area (Å²) < 4.78 is 0. The van der Waals surface area contributed by atoms with Crippen molar-refractivity contribution in [3.63, 3.8) is 0 Å². The second-order valence-corrected chi connectivity index (χ2v) is 2.60. The van der Waals surface area contributed by atoms with Crippen molar-refractivity contribution in [3.8, 4) is 11.8 Å². The quantitative estimate of drug-likeness (QED) is 0.677. The normalized spacial score (nSPS) is 8.69. The van der Waals surface area contributed by atoms with Crippen molar-refractivity contribution in [2.24, 2.45) is 0 Å². The molecule has 1 nitrogen and oxygen atoms in total. The molecule has 0 aromatic heterocycles. The zero-order chi connectivity index (χ0) is 9.52. The van der Waals surface area contributed by atoms with Gasteiger partial charge in [0, 0.05) is 12.0 Å². The van der Waals surface area contributed by atoms with Gasteiger partial charge < -0.3 is 5.11 Å². The molecule has 0 aliphatic heterocycles. The number of benzene rings is 1. The highest BCUT2D eigenvalue weighted by atomic mass is 16.2. The van der Waals surface area contributed by atoms with E-state index in [0.717, 1.165) is 11.1 Å². The van der Waals surface area contributed by atoms with Gasteiger partial charge in [-0.05, 0) is 17.7 Å². The summed E-state index contributed by atoms with van der Waals surface area (Å²) in [5.41, 5.74) is 2.03. The molecule has 0 aliphatic rings. The molecule has 1 rings (SSSR count). The zero-order valence-corrected chi connectivity index (χ0v) is 7.46. The van der Waals surface area contributed by atoms with Gasteiger partial charge in [0.1, 0.15) is 0 Å². The molecule has 1 heteroatoms. The van der Waals surface area contributed by atoms with Crippen LogP contribution in [-0.4, -0.2) is 11.7 Å². The van der Waals surface area contributed by atoms with Gasteiger partial charge in [-0.25, -0.2) is 0 Å². The molecule has 0 saturated heterocycles. The summed E-state index contributed by atoms with van der Waals surface area (Å²) in [6, 6.07) is 7.83. The monoisotopic (exact) mass is 172 g/mol. The van der Waals surface area contributed by atoms with Crippen LogP contribution in [-0.2, 0) is 0 Å². The Bertz CT molecular complexity index is 342. The second-order valence-electron chi connectivity index (χ2n) is 2.60. The predicted molar refractivity (Wildman–Crippen MR) is 55.1 cm³/mol. The van der Waals surface area contributed by atoms with Crippen molar-refractivity contribution < 1.29 is 5.11 Å². The van der Waals surface area contributed by atoms with Crippen molar-refractivity contribution >= 4 is 6.08 Å². The van der Waals surface area contributed by atoms with Gasteiger partial charge in [-0.3, -0.25) is 0 Å². The lowest BCUT2D eigenvalue weighted by molar-refractivity contribution is 0.305. The standard InChI is InChI=1S/C12H12O/c1-2-11-7-5-8-12(10-11)6-3-4-9-13/h2,5,7-8,10,13H,1,4,9H2. The van der Waals surface area contributed by atoms with Gasteiger partial charge in [0.25, 0.3) is 0 Å². The summed E-state index contributed by atoms with van der Waals surface area (Å²) in [4.78, 5) is 0. The molecule has 0 aliphatic carbocycles. The Kier molecular flexibility index (Phi) is 3.81. The highest BCUT2D eigenvalue weighted by Crippen LogP contribution is 2.04. The van der Waals surface area contributed by atoms with Crippen LogP contribution in [0.5, 0.6) is 0 Å². The van der Waals surface area contributed by atoms with Gasteiger partial charge in [-0.15, -0.1) is 0 Å². The van der Waals surface area contributed by atoms with E-state index in [1.54, 1.807) is 6.08 Å². The molecule has 0 radical (unpaired) electrons. The van der Waals surface area contributed by atoms with Crippen molar-refractivity contribution in [3.05, 3.63) is 42.0 Å². The first kappa shape index (κ1) is 9.57. The summed E-state index contributed by atoms with van der Waals surface area (Å²) in [5.74, 6) is 5.83. The van der Waals surface area contributed by atoms with Gasteiger partial charge in [0.15, 0.2) is 0 Å². The molecule has 0 saturated carbocycles. The van der Waals surface area contributed by atoms with Crippen LogP contribution in [0.3, 0.4) is 0 Å². The molecule has 1 N–H and O–H groups in total. The molecule has 0 amide bonds. The first-order valence-electron chi connectivity index (χ1n) is 4.19. The van der Waals surface area contributed by atoms with E-state index in [1.807, 2.05) is 24.3 Å². The van der Waals surface area contributed by atoms with Crippen molar-refractivity contribution in [2.75, 3.05) is 6.61 Å². The molecule has 0 atom stereocenters. The van der Waals surface area contributed by atoms with Crippen LogP contribution < -0.4 is 0 Å². The fourth-order valence-corrected chi connectivity index (χ4v) is 0.964. The molecular weight excluding hydrogens is 160 g/mol. The Morgan fingerprint density at radius 1 is 1.46 bits per heavy atom. The number of aliphatic hydroxyl groups is 1. The smallest absolute Gasteiger partial charge is 0.0540 e. The zero-order valence-electron chi connectivity index (χ0n) is 7.46. The van der Waals surface area contributed by atoms with E-state index in [4.69, 9.17) is 5.11 Å². The van der Waals surface area contributed by atoms with E-state index in [0.29, 0.717) is 6.42 Å². The van der Waals surface area contributed by atoms with E-state index < -0.39 is 0 Å². The van der Waals surface area contributed by atoms with Crippen LogP contribution in [0.1, 0.15) is 17.5 Å². The van der Waals surface area contributed by atoms with Crippen LogP contribution in [0.4, 0.5) is 0 Å². The average Bonchev–Trinajstić information content (AvgIpc) is 2.19. The third kappa shape index (κ3) is 3.14. The summed E-state index contributed by atoms with van der Waals surface area (Å²) in [6.45, 7) is 3.80. The Morgan fingerprint density at radius 3 is 3.00 bits per heavy atom. The number of hydrogen-bond donors (Lipinski definition) is 1. The number of rotatable bonds is 2. The maximum absolute atomic E-state index is 8.53. The molecule has 0 fully saturated rings. The maximum atomic E-state index is 8.53. The van der Waals surface area contributed by atoms with Crippen molar-refractivity contribution in [1.29, 1.82) is 0 Å². The summed E-state index contributed by atoms with van der Waals surface area (Å²) in [5, 5.41) is 8.53. The third-order valence-electron chi connectivity index (χ3n) is 1.59. The van der Waals surface area contributed by atoms with Crippen LogP contribution in [0.2, 0.25) is 0 Å². The highest BCUT2D eigenvalue weighted by Gasteiger charge is 1.87. The SMILES string of the molecule is C=Cc1cccc(C#CCCO)c1. The highest BCUT2D eigenvalue weighted by molar-refractivity contribution is 5.51. The topological polar surface area (TPSA) is 20.2 Å². The first-order valence-corrected chi connectivity index (χ1v) is 4.19. The van der Waals surface area contributed by atoms with E-state index in [1.165, 1.54) is 0 Å². The van der Waals surface area contributed by atoms with Crippen molar-refractivity contribution in [1.82, 2.24) is 0 Å². The fourth-order valence-electron chi connectivity index (χ4n) is 0.964. The van der Waals surface area contributed by atoms with Gasteiger partial charge in [0.05, 0.1) is 6.61 Å². The molecule has 0 spiro atoms. The lowest BCUT2D eigenvalue weighted by Gasteiger charge is -1.92. The maximum Gasteiger partial charge on any atom is 0.0540 e. The minimum Gasteiger partial charge on any atom is -0.395 e. The van der Waals surface area contributed by atoms with Gasteiger partial charge >= 0.3 is 0 Å². The van der Waals surface area contributed by atoms with E-state index in [9.17, 15) is 0 Å². The second kappa shape index (κ2) is 5.18. The minimum atomic E-state index is 0.119. The Balaban J connectivity index is 2.79. The molecule has 1 aromatic carbocycles. The fraction of sp³-hybridized carbons (Fsp3) is 0.167. The van der Waals surface area contributed by atoms with Crippen LogP contribution >= 0.6 is 0 Å². The third-order valence-corrected chi connectivity index (χ3v) is 1.59. The van der Waals surface area contributed by atoms with Crippen LogP contribution in [0.25, 0.3) is 6.08 Å². The summed E-state index contributed by atoms with van der Waals surface area (Å²) in [6.07, 6.45) is 2.32. The number of hydrogen-bond acceptors (Lipinski definition) is 1. The average molecular weight is 172 g/mol.